The fraction of sp³-hybridized carbons (Fsp3) is 0.294. The summed E-state index contributed by atoms with van der Waals surface area (Å²) in [7, 11) is 0. The maximum Gasteiger partial charge on any atom is 0.142 e. The topological polar surface area (TPSA) is 26.0 Å². The minimum atomic E-state index is -0.371. The summed E-state index contributed by atoms with van der Waals surface area (Å²) in [5, 5.41) is 0.205. The van der Waals surface area contributed by atoms with Gasteiger partial charge in [0.15, 0.2) is 0 Å². The number of hydrogen-bond donors (Lipinski definition) is 1. The van der Waals surface area contributed by atoms with E-state index in [0.717, 1.165) is 24.8 Å². The van der Waals surface area contributed by atoms with Crippen LogP contribution in [0.1, 0.15) is 23.1 Å². The molecule has 0 bridgehead atoms. The van der Waals surface area contributed by atoms with Gasteiger partial charge in [0.1, 0.15) is 5.82 Å². The minimum Gasteiger partial charge on any atom is -0.324 e. The van der Waals surface area contributed by atoms with Crippen molar-refractivity contribution >= 4 is 11.6 Å². The third-order valence-corrected chi connectivity index (χ3v) is 4.55. The Morgan fingerprint density at radius 1 is 1.10 bits per heavy atom. The molecule has 0 saturated heterocycles. The van der Waals surface area contributed by atoms with Crippen molar-refractivity contribution in [2.24, 2.45) is 5.73 Å². The molecule has 1 atom stereocenters. The Hall–Kier alpha value is -1.38. The van der Waals surface area contributed by atoms with Crippen molar-refractivity contribution in [2.75, 3.05) is 0 Å². The third kappa shape index (κ3) is 2.58. The molecule has 0 spiro atoms. The average molecular weight is 290 g/mol. The van der Waals surface area contributed by atoms with Gasteiger partial charge in [0.2, 0.25) is 0 Å². The summed E-state index contributed by atoms with van der Waals surface area (Å²) in [5.74, 6) is -0.371. The summed E-state index contributed by atoms with van der Waals surface area (Å²) in [6.07, 6.45) is 3.30. The lowest BCUT2D eigenvalue weighted by atomic mass is 9.75. The number of halogens is 2. The molecule has 1 nitrogen and oxygen atoms in total. The maximum absolute atomic E-state index is 13.5. The highest BCUT2D eigenvalue weighted by Gasteiger charge is 2.31. The fourth-order valence-corrected chi connectivity index (χ4v) is 3.23. The summed E-state index contributed by atoms with van der Waals surface area (Å²) in [4.78, 5) is 0. The van der Waals surface area contributed by atoms with E-state index in [1.807, 2.05) is 12.1 Å². The molecule has 1 aliphatic rings. The number of fused-ring (bicyclic) bond motifs is 1. The predicted molar refractivity (Wildman–Crippen MR) is 80.5 cm³/mol. The van der Waals surface area contributed by atoms with Gasteiger partial charge < -0.3 is 5.73 Å². The molecular formula is C17H17ClFN. The van der Waals surface area contributed by atoms with Gasteiger partial charge in [-0.3, -0.25) is 0 Å². The van der Waals surface area contributed by atoms with Crippen molar-refractivity contribution in [3.05, 3.63) is 70.0 Å². The number of hydrogen-bond acceptors (Lipinski definition) is 1. The molecule has 0 aromatic heterocycles. The lowest BCUT2D eigenvalue weighted by Crippen LogP contribution is -2.47. The van der Waals surface area contributed by atoms with E-state index in [0.29, 0.717) is 6.42 Å². The number of aryl methyl sites for hydroxylation is 1. The van der Waals surface area contributed by atoms with E-state index < -0.39 is 0 Å². The van der Waals surface area contributed by atoms with Crippen LogP contribution in [-0.2, 0) is 19.3 Å². The number of nitrogens with two attached hydrogens (primary N) is 1. The highest BCUT2D eigenvalue weighted by Crippen LogP contribution is 2.32. The minimum absolute atomic E-state index is 0.205. The molecule has 0 saturated carbocycles. The quantitative estimate of drug-likeness (QED) is 0.891. The maximum atomic E-state index is 13.5. The Balaban J connectivity index is 1.86. The first-order valence-electron chi connectivity index (χ1n) is 6.86. The summed E-state index contributed by atoms with van der Waals surface area (Å²) in [6, 6.07) is 13.3. The molecule has 0 aliphatic heterocycles. The van der Waals surface area contributed by atoms with Gasteiger partial charge in [-0.2, -0.15) is 0 Å². The molecule has 0 fully saturated rings. The largest absolute Gasteiger partial charge is 0.324 e. The fourth-order valence-electron chi connectivity index (χ4n) is 3.04. The summed E-state index contributed by atoms with van der Waals surface area (Å²) in [5.41, 5.74) is 9.68. The van der Waals surface area contributed by atoms with Crippen LogP contribution in [0.15, 0.2) is 42.5 Å². The average Bonchev–Trinajstić information content (AvgIpc) is 2.44. The van der Waals surface area contributed by atoms with Crippen LogP contribution in [0.4, 0.5) is 4.39 Å². The van der Waals surface area contributed by atoms with Gasteiger partial charge in [-0.1, -0.05) is 48.0 Å². The van der Waals surface area contributed by atoms with Gasteiger partial charge in [-0.05, 0) is 48.4 Å². The van der Waals surface area contributed by atoms with Crippen molar-refractivity contribution in [1.29, 1.82) is 0 Å². The first-order chi connectivity index (χ1) is 9.57. The molecule has 2 aromatic carbocycles. The Morgan fingerprint density at radius 3 is 2.65 bits per heavy atom. The van der Waals surface area contributed by atoms with Gasteiger partial charge in [0.25, 0.3) is 0 Å². The summed E-state index contributed by atoms with van der Waals surface area (Å²) >= 11 is 6.04. The summed E-state index contributed by atoms with van der Waals surface area (Å²) < 4.78 is 13.5. The van der Waals surface area contributed by atoms with Gasteiger partial charge in [-0.25, -0.2) is 4.39 Å². The standard InChI is InChI=1S/C17H17ClFN/c18-16-14(6-3-7-15(16)19)11-17(20)9-8-12-4-1-2-5-13(12)10-17/h1-7H,8-11,20H2. The van der Waals surface area contributed by atoms with Gasteiger partial charge in [-0.15, -0.1) is 0 Å². The summed E-state index contributed by atoms with van der Waals surface area (Å²) in [6.45, 7) is 0. The van der Waals surface area contributed by atoms with E-state index in [-0.39, 0.29) is 16.4 Å². The highest BCUT2D eigenvalue weighted by atomic mass is 35.5. The molecular weight excluding hydrogens is 273 g/mol. The number of benzene rings is 2. The smallest absolute Gasteiger partial charge is 0.142 e. The van der Waals surface area contributed by atoms with Gasteiger partial charge in [0, 0.05) is 5.54 Å². The molecule has 20 heavy (non-hydrogen) atoms. The lowest BCUT2D eigenvalue weighted by molar-refractivity contribution is 0.369. The molecule has 104 valence electrons. The Morgan fingerprint density at radius 2 is 1.85 bits per heavy atom. The highest BCUT2D eigenvalue weighted by molar-refractivity contribution is 6.31. The Kier molecular flexibility index (Phi) is 3.53. The van der Waals surface area contributed by atoms with Crippen LogP contribution in [0, 0.1) is 5.82 Å². The van der Waals surface area contributed by atoms with Crippen molar-refractivity contribution in [3.8, 4) is 0 Å². The molecule has 2 aromatic rings. The number of rotatable bonds is 2. The molecule has 0 heterocycles. The van der Waals surface area contributed by atoms with Crippen molar-refractivity contribution < 1.29 is 4.39 Å². The Bertz CT molecular complexity index is 641. The van der Waals surface area contributed by atoms with Crippen LogP contribution < -0.4 is 5.73 Å². The van der Waals surface area contributed by atoms with Crippen molar-refractivity contribution in [2.45, 2.75) is 31.2 Å². The first kappa shape index (κ1) is 13.6. The molecule has 2 N–H and O–H groups in total. The predicted octanol–water partition coefficient (Wildman–Crippen LogP) is 3.91. The van der Waals surface area contributed by atoms with Crippen molar-refractivity contribution in [3.63, 3.8) is 0 Å². The molecule has 0 radical (unpaired) electrons. The molecule has 0 amide bonds. The molecule has 1 aliphatic carbocycles. The van der Waals surface area contributed by atoms with E-state index in [1.54, 1.807) is 6.07 Å². The van der Waals surface area contributed by atoms with Crippen LogP contribution in [0.3, 0.4) is 0 Å². The first-order valence-corrected chi connectivity index (χ1v) is 7.24. The second-order valence-electron chi connectivity index (χ2n) is 5.70. The van der Waals surface area contributed by atoms with Crippen LogP contribution in [0.2, 0.25) is 5.02 Å². The second-order valence-corrected chi connectivity index (χ2v) is 6.08. The van der Waals surface area contributed by atoms with Crippen LogP contribution in [0.5, 0.6) is 0 Å². The zero-order chi connectivity index (χ0) is 14.2. The normalized spacial score (nSPS) is 21.6. The molecule has 3 heteroatoms. The Labute approximate surface area is 123 Å². The zero-order valence-electron chi connectivity index (χ0n) is 11.2. The van der Waals surface area contributed by atoms with E-state index in [2.05, 4.69) is 18.2 Å². The molecule has 1 unspecified atom stereocenters. The molecule has 3 rings (SSSR count). The van der Waals surface area contributed by atoms with Gasteiger partial charge >= 0.3 is 0 Å². The van der Waals surface area contributed by atoms with Crippen LogP contribution in [-0.4, -0.2) is 5.54 Å². The third-order valence-electron chi connectivity index (χ3n) is 4.13. The van der Waals surface area contributed by atoms with E-state index in [9.17, 15) is 4.39 Å². The monoisotopic (exact) mass is 289 g/mol. The van der Waals surface area contributed by atoms with Gasteiger partial charge in [0.05, 0.1) is 5.02 Å². The SMILES string of the molecule is NC1(Cc2cccc(F)c2Cl)CCc2ccccc2C1. The van der Waals surface area contributed by atoms with Crippen LogP contribution in [0.25, 0.3) is 0 Å². The van der Waals surface area contributed by atoms with E-state index in [1.165, 1.54) is 17.2 Å². The van der Waals surface area contributed by atoms with Crippen LogP contribution >= 0.6 is 11.6 Å². The van der Waals surface area contributed by atoms with Crippen molar-refractivity contribution in [1.82, 2.24) is 0 Å². The van der Waals surface area contributed by atoms with E-state index in [4.69, 9.17) is 17.3 Å². The zero-order valence-corrected chi connectivity index (χ0v) is 12.0. The second kappa shape index (κ2) is 5.19. The lowest BCUT2D eigenvalue weighted by Gasteiger charge is -2.35. The van der Waals surface area contributed by atoms with E-state index >= 15 is 0 Å².